The first kappa shape index (κ1) is 13.1. The fraction of sp³-hybridized carbons (Fsp3) is 0.400. The van der Waals surface area contributed by atoms with Gasteiger partial charge in [-0.15, -0.1) is 0 Å². The topological polar surface area (TPSA) is 93.4 Å². The van der Waals surface area contributed by atoms with Crippen molar-refractivity contribution in [1.82, 2.24) is 30.5 Å². The van der Waals surface area contributed by atoms with Gasteiger partial charge in [-0.1, -0.05) is 11.2 Å². The molecule has 7 heteroatoms. The van der Waals surface area contributed by atoms with Gasteiger partial charge < -0.3 is 4.52 Å². The Balaban J connectivity index is 1.59. The van der Waals surface area contributed by atoms with Crippen molar-refractivity contribution < 1.29 is 4.52 Å². The molecule has 1 atom stereocenters. The molecule has 1 aliphatic rings. The number of rotatable bonds is 3. The van der Waals surface area contributed by atoms with E-state index in [4.69, 9.17) is 4.52 Å². The molecule has 0 aliphatic heterocycles. The van der Waals surface area contributed by atoms with Crippen molar-refractivity contribution in [3.63, 3.8) is 0 Å². The molecule has 0 fully saturated rings. The number of aromatic nitrogens is 6. The summed E-state index contributed by atoms with van der Waals surface area (Å²) in [5.41, 5.74) is 4.06. The first-order chi connectivity index (χ1) is 10.8. The highest BCUT2D eigenvalue weighted by Gasteiger charge is 2.30. The van der Waals surface area contributed by atoms with E-state index in [9.17, 15) is 0 Å². The van der Waals surface area contributed by atoms with E-state index in [1.54, 1.807) is 6.20 Å². The lowest BCUT2D eigenvalue weighted by Crippen LogP contribution is -2.11. The van der Waals surface area contributed by atoms with Gasteiger partial charge in [0.25, 0.3) is 0 Å². The number of nitrogens with one attached hydrogen (secondary N) is 1. The minimum absolute atomic E-state index is 0.0544. The Kier molecular flexibility index (Phi) is 3.17. The normalized spacial score (nSPS) is 17.4. The van der Waals surface area contributed by atoms with Gasteiger partial charge >= 0.3 is 0 Å². The summed E-state index contributed by atoms with van der Waals surface area (Å²) in [5, 5.41) is 15.2. The molecule has 3 aromatic rings. The third-order valence-electron chi connectivity index (χ3n) is 4.13. The van der Waals surface area contributed by atoms with Crippen molar-refractivity contribution in [2.24, 2.45) is 0 Å². The van der Waals surface area contributed by atoms with Crippen molar-refractivity contribution in [2.45, 2.75) is 38.5 Å². The van der Waals surface area contributed by atoms with Crippen LogP contribution >= 0.6 is 0 Å². The minimum atomic E-state index is 0.0544. The summed E-state index contributed by atoms with van der Waals surface area (Å²) in [6, 6.07) is 3.96. The average Bonchev–Trinajstić information content (AvgIpc) is 3.18. The molecule has 3 heterocycles. The molecule has 7 nitrogen and oxygen atoms in total. The summed E-state index contributed by atoms with van der Waals surface area (Å²) in [6.45, 7) is 1.99. The fourth-order valence-electron chi connectivity index (χ4n) is 2.93. The molecular weight excluding hydrogens is 280 g/mol. The third-order valence-corrected chi connectivity index (χ3v) is 4.13. The molecule has 0 radical (unpaired) electrons. The number of fused-ring (bicyclic) bond motifs is 1. The molecule has 0 bridgehead atoms. The van der Waals surface area contributed by atoms with Crippen LogP contribution in [0.15, 0.2) is 22.9 Å². The Morgan fingerprint density at radius 3 is 3.23 bits per heavy atom. The zero-order valence-electron chi connectivity index (χ0n) is 12.3. The number of aromatic amines is 1. The van der Waals surface area contributed by atoms with Gasteiger partial charge in [0.1, 0.15) is 0 Å². The standard InChI is InChI=1S/C15H16N6O/c1-9-10(4-3-7-16-9)8-13-17-15(22-20-13)11-5-2-6-12-14(11)19-21-18-12/h3-4,7,11H,2,5-6,8H2,1H3,(H,18,19,21). The highest BCUT2D eigenvalue weighted by atomic mass is 16.5. The van der Waals surface area contributed by atoms with Crippen LogP contribution in [0.4, 0.5) is 0 Å². The van der Waals surface area contributed by atoms with E-state index in [1.807, 2.05) is 19.1 Å². The number of hydrogen-bond donors (Lipinski definition) is 1. The van der Waals surface area contributed by atoms with Crippen LogP contribution in [0, 0.1) is 6.92 Å². The SMILES string of the molecule is Cc1ncccc1Cc1noc(C2CCCc3n[nH]nc32)n1. The quantitative estimate of drug-likeness (QED) is 0.794. The first-order valence-corrected chi connectivity index (χ1v) is 7.44. The average molecular weight is 296 g/mol. The number of H-pyrrole nitrogens is 1. The molecule has 112 valence electrons. The maximum Gasteiger partial charge on any atom is 0.235 e. The molecule has 0 aromatic carbocycles. The van der Waals surface area contributed by atoms with Crippen molar-refractivity contribution in [3.05, 3.63) is 52.7 Å². The summed E-state index contributed by atoms with van der Waals surface area (Å²) in [7, 11) is 0. The lowest BCUT2D eigenvalue weighted by molar-refractivity contribution is 0.348. The second-order valence-corrected chi connectivity index (χ2v) is 5.57. The molecule has 1 N–H and O–H groups in total. The van der Waals surface area contributed by atoms with Crippen LogP contribution in [-0.2, 0) is 12.8 Å². The highest BCUT2D eigenvalue weighted by Crippen LogP contribution is 2.33. The monoisotopic (exact) mass is 296 g/mol. The Bertz CT molecular complexity index is 793. The molecule has 3 aromatic heterocycles. The number of pyridine rings is 1. The molecule has 1 unspecified atom stereocenters. The largest absolute Gasteiger partial charge is 0.339 e. The molecule has 22 heavy (non-hydrogen) atoms. The van der Waals surface area contributed by atoms with E-state index in [0.29, 0.717) is 18.1 Å². The molecular formula is C15H16N6O. The van der Waals surface area contributed by atoms with E-state index >= 15 is 0 Å². The molecule has 0 spiro atoms. The second-order valence-electron chi connectivity index (χ2n) is 5.57. The Morgan fingerprint density at radius 2 is 2.32 bits per heavy atom. The maximum atomic E-state index is 5.48. The van der Waals surface area contributed by atoms with Crippen LogP contribution < -0.4 is 0 Å². The van der Waals surface area contributed by atoms with E-state index in [1.165, 1.54) is 0 Å². The van der Waals surface area contributed by atoms with Gasteiger partial charge in [0.15, 0.2) is 5.82 Å². The minimum Gasteiger partial charge on any atom is -0.339 e. The third kappa shape index (κ3) is 2.28. The van der Waals surface area contributed by atoms with Gasteiger partial charge in [-0.05, 0) is 37.8 Å². The zero-order chi connectivity index (χ0) is 14.9. The van der Waals surface area contributed by atoms with E-state index < -0.39 is 0 Å². The van der Waals surface area contributed by atoms with Gasteiger partial charge in [-0.3, -0.25) is 4.98 Å². The summed E-state index contributed by atoms with van der Waals surface area (Å²) in [5.74, 6) is 1.37. The lowest BCUT2D eigenvalue weighted by atomic mass is 9.90. The predicted molar refractivity (Wildman–Crippen MR) is 77.2 cm³/mol. The molecule has 1 aliphatic carbocycles. The highest BCUT2D eigenvalue weighted by molar-refractivity contribution is 5.25. The smallest absolute Gasteiger partial charge is 0.235 e. The molecule has 0 saturated heterocycles. The predicted octanol–water partition coefficient (Wildman–Crippen LogP) is 1.95. The van der Waals surface area contributed by atoms with Gasteiger partial charge in [0.05, 0.1) is 17.3 Å². The van der Waals surface area contributed by atoms with Crippen LogP contribution in [0.5, 0.6) is 0 Å². The maximum absolute atomic E-state index is 5.48. The molecule has 0 amide bonds. The summed E-state index contributed by atoms with van der Waals surface area (Å²) < 4.78 is 5.48. The number of nitrogens with zero attached hydrogens (tertiary/aromatic N) is 5. The fourth-order valence-corrected chi connectivity index (χ4v) is 2.93. The number of aryl methyl sites for hydroxylation is 2. The van der Waals surface area contributed by atoms with Crippen LogP contribution in [0.25, 0.3) is 0 Å². The first-order valence-electron chi connectivity index (χ1n) is 7.44. The van der Waals surface area contributed by atoms with Gasteiger partial charge in [0, 0.05) is 18.3 Å². The van der Waals surface area contributed by atoms with E-state index in [-0.39, 0.29) is 5.92 Å². The van der Waals surface area contributed by atoms with Crippen LogP contribution in [0.2, 0.25) is 0 Å². The second kappa shape index (κ2) is 5.32. The summed E-state index contributed by atoms with van der Waals surface area (Å²) in [4.78, 5) is 8.85. The van der Waals surface area contributed by atoms with Gasteiger partial charge in [-0.2, -0.15) is 20.4 Å². The molecule has 0 saturated carbocycles. The Labute approximate surface area is 127 Å². The van der Waals surface area contributed by atoms with Crippen molar-refractivity contribution >= 4 is 0 Å². The van der Waals surface area contributed by atoms with Crippen molar-refractivity contribution in [2.75, 3.05) is 0 Å². The van der Waals surface area contributed by atoms with Crippen LogP contribution in [-0.4, -0.2) is 30.5 Å². The van der Waals surface area contributed by atoms with Crippen LogP contribution in [0.3, 0.4) is 0 Å². The van der Waals surface area contributed by atoms with Crippen molar-refractivity contribution in [3.8, 4) is 0 Å². The Morgan fingerprint density at radius 1 is 1.36 bits per heavy atom. The molecule has 4 rings (SSSR count). The van der Waals surface area contributed by atoms with Crippen LogP contribution in [0.1, 0.15) is 53.1 Å². The zero-order valence-corrected chi connectivity index (χ0v) is 12.3. The lowest BCUT2D eigenvalue weighted by Gasteiger charge is -2.15. The van der Waals surface area contributed by atoms with E-state index in [0.717, 1.165) is 41.9 Å². The van der Waals surface area contributed by atoms with Gasteiger partial charge in [0.2, 0.25) is 5.89 Å². The number of hydrogen-bond acceptors (Lipinski definition) is 6. The van der Waals surface area contributed by atoms with E-state index in [2.05, 4.69) is 30.5 Å². The van der Waals surface area contributed by atoms with Crippen molar-refractivity contribution in [1.29, 1.82) is 0 Å². The summed E-state index contributed by atoms with van der Waals surface area (Å²) in [6.07, 6.45) is 5.39. The summed E-state index contributed by atoms with van der Waals surface area (Å²) >= 11 is 0. The van der Waals surface area contributed by atoms with Gasteiger partial charge in [-0.25, -0.2) is 0 Å². The Hall–Kier alpha value is -2.57.